The molecule has 0 saturated carbocycles. The highest BCUT2D eigenvalue weighted by atomic mass is 16.7. The van der Waals surface area contributed by atoms with Gasteiger partial charge >= 0.3 is 0 Å². The Morgan fingerprint density at radius 3 is 2.40 bits per heavy atom. The highest BCUT2D eigenvalue weighted by Gasteiger charge is 2.45. The van der Waals surface area contributed by atoms with E-state index in [-0.39, 0.29) is 6.61 Å². The number of benzene rings is 1. The van der Waals surface area contributed by atoms with Gasteiger partial charge in [0.05, 0.1) is 6.61 Å². The highest BCUT2D eigenvalue weighted by molar-refractivity contribution is 5.41. The van der Waals surface area contributed by atoms with Gasteiger partial charge in [-0.25, -0.2) is 0 Å². The van der Waals surface area contributed by atoms with Crippen LogP contribution in [0.15, 0.2) is 24.3 Å². The summed E-state index contributed by atoms with van der Waals surface area (Å²) in [5.41, 5.74) is 6.14. The zero-order valence-corrected chi connectivity index (χ0v) is 11.0. The molecule has 1 fully saturated rings. The van der Waals surface area contributed by atoms with Crippen LogP contribution in [0.4, 0.5) is 5.69 Å². The molecule has 1 heterocycles. The number of ether oxygens (including phenoxy) is 3. The number of rotatable bonds is 4. The number of hydrogen-bond acceptors (Lipinski definition) is 7. The van der Waals surface area contributed by atoms with E-state index in [1.54, 1.807) is 24.3 Å². The molecular formula is C13H19NO6. The van der Waals surface area contributed by atoms with Gasteiger partial charge in [0.25, 0.3) is 0 Å². The third-order valence-electron chi connectivity index (χ3n) is 3.23. The van der Waals surface area contributed by atoms with Gasteiger partial charge in [0.15, 0.2) is 0 Å². The SMILES string of the molecule is CO[C@@H]1[C@H](O)[C@@H](O)[C@@H](Oc2ccc(N)cc2)O[C@@H]1CO. The van der Waals surface area contributed by atoms with E-state index in [1.807, 2.05) is 0 Å². The van der Waals surface area contributed by atoms with Gasteiger partial charge in [0.1, 0.15) is 30.2 Å². The van der Waals surface area contributed by atoms with Crippen molar-refractivity contribution in [1.82, 2.24) is 0 Å². The zero-order valence-electron chi connectivity index (χ0n) is 11.0. The van der Waals surface area contributed by atoms with Crippen molar-refractivity contribution < 1.29 is 29.5 Å². The second-order valence-corrected chi connectivity index (χ2v) is 4.59. The Bertz CT molecular complexity index is 423. The predicted molar refractivity (Wildman–Crippen MR) is 70.0 cm³/mol. The standard InChI is InChI=1S/C13H19NO6/c1-18-12-9(6-15)20-13(11(17)10(12)16)19-8-4-2-7(14)3-5-8/h2-5,9-13,15-17H,6,14H2,1H3/t9-,10-,11-,12+,13+/m1/s1. The van der Waals surface area contributed by atoms with Gasteiger partial charge < -0.3 is 35.3 Å². The van der Waals surface area contributed by atoms with Crippen molar-refractivity contribution in [1.29, 1.82) is 0 Å². The van der Waals surface area contributed by atoms with Crippen LogP contribution in [0.5, 0.6) is 5.75 Å². The molecule has 112 valence electrons. The van der Waals surface area contributed by atoms with Crippen LogP contribution in [0.25, 0.3) is 0 Å². The fraction of sp³-hybridized carbons (Fsp3) is 0.538. The topological polar surface area (TPSA) is 114 Å². The summed E-state index contributed by atoms with van der Waals surface area (Å²) in [5, 5.41) is 29.2. The molecule has 0 radical (unpaired) electrons. The Balaban J connectivity index is 2.09. The monoisotopic (exact) mass is 285 g/mol. The van der Waals surface area contributed by atoms with Crippen molar-refractivity contribution in [3.63, 3.8) is 0 Å². The second kappa shape index (κ2) is 6.38. The summed E-state index contributed by atoms with van der Waals surface area (Å²) in [5.74, 6) is 0.433. The van der Waals surface area contributed by atoms with E-state index in [0.717, 1.165) is 0 Å². The number of nitrogens with two attached hydrogens (primary N) is 1. The number of aliphatic hydroxyl groups is 3. The molecule has 5 atom stereocenters. The van der Waals surface area contributed by atoms with Crippen molar-refractivity contribution in [2.24, 2.45) is 0 Å². The van der Waals surface area contributed by atoms with Crippen molar-refractivity contribution in [2.75, 3.05) is 19.5 Å². The smallest absolute Gasteiger partial charge is 0.229 e. The van der Waals surface area contributed by atoms with E-state index in [1.165, 1.54) is 7.11 Å². The lowest BCUT2D eigenvalue weighted by Gasteiger charge is -2.41. The molecule has 1 aromatic rings. The number of anilines is 1. The lowest BCUT2D eigenvalue weighted by Crippen LogP contribution is -2.60. The number of nitrogen functional groups attached to an aromatic ring is 1. The van der Waals surface area contributed by atoms with Crippen LogP contribution in [0.3, 0.4) is 0 Å². The summed E-state index contributed by atoms with van der Waals surface area (Å²) in [6, 6.07) is 6.52. The Morgan fingerprint density at radius 2 is 1.85 bits per heavy atom. The normalized spacial score (nSPS) is 33.9. The minimum Gasteiger partial charge on any atom is -0.462 e. The molecule has 0 amide bonds. The van der Waals surface area contributed by atoms with Gasteiger partial charge in [-0.15, -0.1) is 0 Å². The molecule has 20 heavy (non-hydrogen) atoms. The third kappa shape index (κ3) is 3.02. The summed E-state index contributed by atoms with van der Waals surface area (Å²) >= 11 is 0. The average molecular weight is 285 g/mol. The van der Waals surface area contributed by atoms with Gasteiger partial charge in [0.2, 0.25) is 6.29 Å². The minimum absolute atomic E-state index is 0.357. The maximum absolute atomic E-state index is 9.98. The van der Waals surface area contributed by atoms with E-state index in [4.69, 9.17) is 19.9 Å². The molecule has 0 spiro atoms. The maximum atomic E-state index is 9.98. The molecule has 0 aromatic heterocycles. The van der Waals surface area contributed by atoms with Crippen LogP contribution in [-0.4, -0.2) is 59.7 Å². The molecule has 0 unspecified atom stereocenters. The first-order chi connectivity index (χ1) is 9.56. The lowest BCUT2D eigenvalue weighted by molar-refractivity contribution is -0.281. The largest absolute Gasteiger partial charge is 0.462 e. The van der Waals surface area contributed by atoms with E-state index >= 15 is 0 Å². The fourth-order valence-corrected chi connectivity index (χ4v) is 2.12. The molecule has 0 bridgehead atoms. The van der Waals surface area contributed by atoms with Gasteiger partial charge in [-0.3, -0.25) is 0 Å². The molecule has 7 heteroatoms. The number of methoxy groups -OCH3 is 1. The Morgan fingerprint density at radius 1 is 1.20 bits per heavy atom. The Hall–Kier alpha value is -1.38. The summed E-state index contributed by atoms with van der Waals surface area (Å²) in [7, 11) is 1.37. The first-order valence-electron chi connectivity index (χ1n) is 6.24. The molecule has 1 aliphatic rings. The van der Waals surface area contributed by atoms with Crippen molar-refractivity contribution in [3.8, 4) is 5.75 Å². The molecule has 5 N–H and O–H groups in total. The summed E-state index contributed by atoms with van der Waals surface area (Å²) in [6.45, 7) is -0.357. The zero-order chi connectivity index (χ0) is 14.7. The second-order valence-electron chi connectivity index (χ2n) is 4.59. The third-order valence-corrected chi connectivity index (χ3v) is 3.23. The van der Waals surface area contributed by atoms with E-state index in [2.05, 4.69) is 0 Å². The average Bonchev–Trinajstić information content (AvgIpc) is 2.46. The fourth-order valence-electron chi connectivity index (χ4n) is 2.12. The summed E-state index contributed by atoms with van der Waals surface area (Å²) in [6.07, 6.45) is -5.21. The van der Waals surface area contributed by atoms with Crippen molar-refractivity contribution >= 4 is 5.69 Å². The van der Waals surface area contributed by atoms with Crippen molar-refractivity contribution in [3.05, 3.63) is 24.3 Å². The molecule has 7 nitrogen and oxygen atoms in total. The van der Waals surface area contributed by atoms with Crippen LogP contribution < -0.4 is 10.5 Å². The summed E-state index contributed by atoms with van der Waals surface area (Å²) < 4.78 is 15.9. The van der Waals surface area contributed by atoms with E-state index < -0.39 is 30.7 Å². The lowest BCUT2D eigenvalue weighted by atomic mass is 9.99. The van der Waals surface area contributed by atoms with Gasteiger partial charge in [-0.1, -0.05) is 0 Å². The molecule has 1 saturated heterocycles. The Labute approximate surface area is 116 Å². The van der Waals surface area contributed by atoms with E-state index in [9.17, 15) is 15.3 Å². The molecule has 1 aliphatic heterocycles. The molecule has 2 rings (SSSR count). The van der Waals surface area contributed by atoms with Crippen LogP contribution in [-0.2, 0) is 9.47 Å². The first kappa shape index (κ1) is 15.0. The van der Waals surface area contributed by atoms with E-state index in [0.29, 0.717) is 11.4 Å². The molecule has 0 aliphatic carbocycles. The molecule has 1 aromatic carbocycles. The van der Waals surface area contributed by atoms with Crippen LogP contribution in [0.1, 0.15) is 0 Å². The van der Waals surface area contributed by atoms with Gasteiger partial charge in [-0.05, 0) is 24.3 Å². The van der Waals surface area contributed by atoms with Crippen LogP contribution in [0.2, 0.25) is 0 Å². The predicted octanol–water partition coefficient (Wildman–Crippen LogP) is -0.898. The highest BCUT2D eigenvalue weighted by Crippen LogP contribution is 2.26. The van der Waals surface area contributed by atoms with Crippen LogP contribution in [0, 0.1) is 0 Å². The minimum atomic E-state index is -1.29. The number of hydrogen-bond donors (Lipinski definition) is 4. The first-order valence-corrected chi connectivity index (χ1v) is 6.24. The number of aliphatic hydroxyl groups excluding tert-OH is 3. The Kier molecular flexibility index (Phi) is 4.79. The quantitative estimate of drug-likeness (QED) is 0.530. The van der Waals surface area contributed by atoms with Crippen LogP contribution >= 0.6 is 0 Å². The van der Waals surface area contributed by atoms with Gasteiger partial charge in [-0.2, -0.15) is 0 Å². The van der Waals surface area contributed by atoms with Gasteiger partial charge in [0, 0.05) is 12.8 Å². The maximum Gasteiger partial charge on any atom is 0.229 e. The molecular weight excluding hydrogens is 266 g/mol. The van der Waals surface area contributed by atoms with Crippen molar-refractivity contribution in [2.45, 2.75) is 30.7 Å². The summed E-state index contributed by atoms with van der Waals surface area (Å²) in [4.78, 5) is 0.